The molecule has 0 fully saturated rings. The van der Waals surface area contributed by atoms with Crippen LogP contribution in [0.4, 0.5) is 13.2 Å². The molecule has 1 amide bonds. The predicted octanol–water partition coefficient (Wildman–Crippen LogP) is 3.45. The molecule has 8 heteroatoms. The summed E-state index contributed by atoms with van der Waals surface area (Å²) in [4.78, 5) is 11.9. The van der Waals surface area contributed by atoms with Gasteiger partial charge in [0, 0.05) is 0 Å². The first-order chi connectivity index (χ1) is 12.7. The molecular formula is C19H20F3NO3S. The van der Waals surface area contributed by atoms with Crippen molar-refractivity contribution in [2.75, 3.05) is 11.5 Å². The molecule has 0 saturated carbocycles. The number of hydrogen-bond acceptors (Lipinski definition) is 3. The third-order valence-electron chi connectivity index (χ3n) is 3.88. The van der Waals surface area contributed by atoms with Crippen molar-refractivity contribution >= 4 is 15.7 Å². The molecule has 2 aromatic rings. The van der Waals surface area contributed by atoms with Crippen molar-refractivity contribution in [3.63, 3.8) is 0 Å². The number of nitrogens with one attached hydrogen (secondary N) is 1. The van der Waals surface area contributed by atoms with E-state index in [0.29, 0.717) is 12.8 Å². The average Bonchev–Trinajstić information content (AvgIpc) is 2.60. The van der Waals surface area contributed by atoms with Gasteiger partial charge in [-0.1, -0.05) is 60.7 Å². The minimum absolute atomic E-state index is 0.153. The van der Waals surface area contributed by atoms with Crippen molar-refractivity contribution in [1.29, 1.82) is 0 Å². The van der Waals surface area contributed by atoms with Crippen LogP contribution in [0.5, 0.6) is 0 Å². The van der Waals surface area contributed by atoms with Gasteiger partial charge >= 0.3 is 6.18 Å². The van der Waals surface area contributed by atoms with Crippen LogP contribution in [0.3, 0.4) is 0 Å². The van der Waals surface area contributed by atoms with Crippen molar-refractivity contribution in [2.24, 2.45) is 0 Å². The van der Waals surface area contributed by atoms with E-state index in [1.165, 1.54) is 24.3 Å². The maximum absolute atomic E-state index is 13.2. The third-order valence-corrected chi connectivity index (χ3v) is 5.49. The van der Waals surface area contributed by atoms with Crippen molar-refractivity contribution in [3.05, 3.63) is 71.8 Å². The summed E-state index contributed by atoms with van der Waals surface area (Å²) in [6.45, 7) is 0. The molecule has 1 atom stereocenters. The van der Waals surface area contributed by atoms with E-state index in [-0.39, 0.29) is 11.3 Å². The minimum Gasteiger partial charge on any atom is -0.340 e. The van der Waals surface area contributed by atoms with Crippen molar-refractivity contribution in [1.82, 2.24) is 5.32 Å². The van der Waals surface area contributed by atoms with Gasteiger partial charge < -0.3 is 5.32 Å². The second-order valence-corrected chi connectivity index (χ2v) is 8.32. The number of aryl methyl sites for hydroxylation is 1. The first kappa shape index (κ1) is 21.0. The molecular weight excluding hydrogens is 379 g/mol. The Labute approximate surface area is 156 Å². The Balaban J connectivity index is 1.93. The number of amides is 1. The molecule has 1 N–H and O–H groups in total. The maximum Gasteiger partial charge on any atom is 0.412 e. The number of rotatable bonds is 8. The van der Waals surface area contributed by atoms with Gasteiger partial charge in [-0.25, -0.2) is 8.42 Å². The smallest absolute Gasteiger partial charge is 0.340 e. The Kier molecular flexibility index (Phi) is 7.01. The van der Waals surface area contributed by atoms with E-state index in [4.69, 9.17) is 0 Å². The Morgan fingerprint density at radius 3 is 2.07 bits per heavy atom. The first-order valence-corrected chi connectivity index (χ1v) is 10.1. The average molecular weight is 399 g/mol. The van der Waals surface area contributed by atoms with Crippen molar-refractivity contribution in [3.8, 4) is 0 Å². The Bertz CT molecular complexity index is 838. The standard InChI is InChI=1S/C19H20F3NO3S/c20-19(21,22)18(16-11-5-2-6-12-16)23-17(24)14-27(25,26)13-7-10-15-8-3-1-4-9-15/h1-6,8-9,11-12,18H,7,10,13-14H2,(H,23,24). The molecule has 0 saturated heterocycles. The molecule has 146 valence electrons. The van der Waals surface area contributed by atoms with Crippen LogP contribution in [0.2, 0.25) is 0 Å². The number of benzene rings is 2. The summed E-state index contributed by atoms with van der Waals surface area (Å²) in [5, 5.41) is 1.79. The van der Waals surface area contributed by atoms with Crippen molar-refractivity contribution < 1.29 is 26.4 Å². The van der Waals surface area contributed by atoms with E-state index in [9.17, 15) is 26.4 Å². The molecule has 0 spiro atoms. The molecule has 0 bridgehead atoms. The molecule has 0 aliphatic carbocycles. The van der Waals surface area contributed by atoms with E-state index in [0.717, 1.165) is 5.56 Å². The Morgan fingerprint density at radius 1 is 0.963 bits per heavy atom. The lowest BCUT2D eigenvalue weighted by molar-refractivity contribution is -0.162. The quantitative estimate of drug-likeness (QED) is 0.740. The first-order valence-electron chi connectivity index (χ1n) is 8.33. The second kappa shape index (κ2) is 9.03. The van der Waals surface area contributed by atoms with Gasteiger partial charge in [-0.15, -0.1) is 0 Å². The number of halogens is 3. The molecule has 0 heterocycles. The fraction of sp³-hybridized carbons (Fsp3) is 0.316. The highest BCUT2D eigenvalue weighted by atomic mass is 32.2. The SMILES string of the molecule is O=C(CS(=O)(=O)CCCc1ccccc1)NC(c1ccccc1)C(F)(F)F. The molecule has 0 aliphatic heterocycles. The van der Waals surface area contributed by atoms with Gasteiger partial charge in [-0.05, 0) is 24.0 Å². The van der Waals surface area contributed by atoms with Gasteiger partial charge in [0.1, 0.15) is 5.75 Å². The lowest BCUT2D eigenvalue weighted by Crippen LogP contribution is -2.41. The zero-order valence-corrected chi connectivity index (χ0v) is 15.3. The van der Waals surface area contributed by atoms with Gasteiger partial charge in [-0.3, -0.25) is 4.79 Å². The fourth-order valence-corrected chi connectivity index (χ4v) is 3.83. The van der Waals surface area contributed by atoms with E-state index in [1.807, 2.05) is 30.3 Å². The monoisotopic (exact) mass is 399 g/mol. The minimum atomic E-state index is -4.73. The summed E-state index contributed by atoms with van der Waals surface area (Å²) in [5.74, 6) is -2.40. The lowest BCUT2D eigenvalue weighted by atomic mass is 10.1. The highest BCUT2D eigenvalue weighted by Gasteiger charge is 2.42. The zero-order chi connectivity index (χ0) is 19.9. The summed E-state index contributed by atoms with van der Waals surface area (Å²) in [6, 6.07) is 13.8. The van der Waals surface area contributed by atoms with E-state index >= 15 is 0 Å². The predicted molar refractivity (Wildman–Crippen MR) is 96.8 cm³/mol. The molecule has 2 aromatic carbocycles. The number of sulfone groups is 1. The Morgan fingerprint density at radius 2 is 1.52 bits per heavy atom. The summed E-state index contributed by atoms with van der Waals surface area (Å²) in [6.07, 6.45) is -3.92. The normalized spacial score (nSPS) is 13.1. The molecule has 2 rings (SSSR count). The van der Waals surface area contributed by atoms with Crippen molar-refractivity contribution in [2.45, 2.75) is 25.1 Å². The van der Waals surface area contributed by atoms with E-state index in [1.54, 1.807) is 11.4 Å². The number of hydrogen-bond donors (Lipinski definition) is 1. The second-order valence-electron chi connectivity index (χ2n) is 6.13. The molecule has 27 heavy (non-hydrogen) atoms. The van der Waals surface area contributed by atoms with Crippen LogP contribution in [0.15, 0.2) is 60.7 Å². The highest BCUT2D eigenvalue weighted by Crippen LogP contribution is 2.32. The van der Waals surface area contributed by atoms with Gasteiger partial charge in [0.15, 0.2) is 15.9 Å². The molecule has 0 aromatic heterocycles. The van der Waals surface area contributed by atoms with Gasteiger partial charge in [0.05, 0.1) is 5.75 Å². The molecule has 1 unspecified atom stereocenters. The van der Waals surface area contributed by atoms with Crippen LogP contribution in [-0.2, 0) is 21.1 Å². The zero-order valence-electron chi connectivity index (χ0n) is 14.4. The van der Waals surface area contributed by atoms with Crippen LogP contribution in [0.1, 0.15) is 23.6 Å². The van der Waals surface area contributed by atoms with Gasteiger partial charge in [0.2, 0.25) is 5.91 Å². The summed E-state index contributed by atoms with van der Waals surface area (Å²) in [5.41, 5.74) is 0.804. The van der Waals surface area contributed by atoms with Crippen LogP contribution < -0.4 is 5.32 Å². The third kappa shape index (κ3) is 7.05. The maximum atomic E-state index is 13.2. The summed E-state index contributed by atoms with van der Waals surface area (Å²) in [7, 11) is -3.80. The van der Waals surface area contributed by atoms with Gasteiger partial charge in [0.25, 0.3) is 0 Å². The summed E-state index contributed by atoms with van der Waals surface area (Å²) < 4.78 is 63.8. The topological polar surface area (TPSA) is 63.2 Å². The number of alkyl halides is 3. The number of carbonyl (C=O) groups is 1. The largest absolute Gasteiger partial charge is 0.412 e. The van der Waals surface area contributed by atoms with Crippen LogP contribution in [0.25, 0.3) is 0 Å². The van der Waals surface area contributed by atoms with Crippen LogP contribution >= 0.6 is 0 Å². The lowest BCUT2D eigenvalue weighted by Gasteiger charge is -2.22. The van der Waals surface area contributed by atoms with E-state index < -0.39 is 33.7 Å². The van der Waals surface area contributed by atoms with E-state index in [2.05, 4.69) is 0 Å². The molecule has 4 nitrogen and oxygen atoms in total. The highest BCUT2D eigenvalue weighted by molar-refractivity contribution is 7.92. The summed E-state index contributed by atoms with van der Waals surface area (Å²) >= 11 is 0. The molecule has 0 radical (unpaired) electrons. The van der Waals surface area contributed by atoms with Crippen LogP contribution in [0, 0.1) is 0 Å². The molecule has 0 aliphatic rings. The number of carbonyl (C=O) groups excluding carboxylic acids is 1. The van der Waals surface area contributed by atoms with Crippen LogP contribution in [-0.4, -0.2) is 32.0 Å². The van der Waals surface area contributed by atoms with Gasteiger partial charge in [-0.2, -0.15) is 13.2 Å². The Hall–Kier alpha value is -2.35. The fourth-order valence-electron chi connectivity index (χ4n) is 2.62.